The van der Waals surface area contributed by atoms with Crippen molar-refractivity contribution < 1.29 is 4.79 Å². The minimum Gasteiger partial charge on any atom is -0.361 e. The van der Waals surface area contributed by atoms with E-state index >= 15 is 0 Å². The molecular formula is C17H12ClNO. The quantitative estimate of drug-likeness (QED) is 0.701. The zero-order valence-corrected chi connectivity index (χ0v) is 11.4. The highest BCUT2D eigenvalue weighted by Crippen LogP contribution is 2.26. The Morgan fingerprint density at radius 2 is 1.55 bits per heavy atom. The predicted molar refractivity (Wildman–Crippen MR) is 81.1 cm³/mol. The summed E-state index contributed by atoms with van der Waals surface area (Å²) in [4.78, 5) is 15.7. The Labute approximate surface area is 122 Å². The van der Waals surface area contributed by atoms with Gasteiger partial charge in [-0.1, -0.05) is 54.1 Å². The van der Waals surface area contributed by atoms with Crippen molar-refractivity contribution in [3.8, 4) is 11.3 Å². The van der Waals surface area contributed by atoms with Crippen molar-refractivity contribution in [1.82, 2.24) is 4.98 Å². The molecule has 3 heteroatoms. The molecule has 0 aliphatic rings. The lowest BCUT2D eigenvalue weighted by atomic mass is 10.0. The fourth-order valence-corrected chi connectivity index (χ4v) is 2.41. The van der Waals surface area contributed by atoms with E-state index in [1.165, 1.54) is 0 Å². The van der Waals surface area contributed by atoms with Crippen LogP contribution < -0.4 is 0 Å². The highest BCUT2D eigenvalue weighted by molar-refractivity contribution is 6.35. The van der Waals surface area contributed by atoms with Crippen molar-refractivity contribution >= 4 is 17.4 Å². The van der Waals surface area contributed by atoms with Gasteiger partial charge in [0.1, 0.15) is 0 Å². The topological polar surface area (TPSA) is 32.9 Å². The van der Waals surface area contributed by atoms with Crippen LogP contribution in [0.15, 0.2) is 66.9 Å². The average molecular weight is 282 g/mol. The number of aromatic amines is 1. The molecule has 0 aliphatic carbocycles. The third kappa shape index (κ3) is 2.26. The summed E-state index contributed by atoms with van der Waals surface area (Å²) in [7, 11) is 0. The number of aromatic nitrogens is 1. The summed E-state index contributed by atoms with van der Waals surface area (Å²) in [5.74, 6) is -0.0734. The minimum atomic E-state index is -0.0734. The van der Waals surface area contributed by atoms with Gasteiger partial charge in [-0.05, 0) is 23.8 Å². The van der Waals surface area contributed by atoms with Crippen LogP contribution in [-0.2, 0) is 0 Å². The molecule has 0 unspecified atom stereocenters. The number of benzene rings is 2. The van der Waals surface area contributed by atoms with Crippen LogP contribution in [0.25, 0.3) is 11.3 Å². The van der Waals surface area contributed by atoms with Crippen LogP contribution in [0.2, 0.25) is 5.02 Å². The van der Waals surface area contributed by atoms with E-state index in [1.54, 1.807) is 24.4 Å². The summed E-state index contributed by atoms with van der Waals surface area (Å²) in [5, 5.41) is 0.470. The second-order valence-corrected chi connectivity index (χ2v) is 4.85. The molecule has 0 atom stereocenters. The molecule has 0 saturated carbocycles. The third-order valence-corrected chi connectivity index (χ3v) is 3.50. The predicted octanol–water partition coefficient (Wildman–Crippen LogP) is 4.57. The second-order valence-electron chi connectivity index (χ2n) is 4.44. The van der Waals surface area contributed by atoms with Gasteiger partial charge in [0.15, 0.2) is 5.78 Å². The first-order chi connectivity index (χ1) is 9.77. The molecular weight excluding hydrogens is 270 g/mol. The molecule has 1 aromatic heterocycles. The molecule has 1 N–H and O–H groups in total. The van der Waals surface area contributed by atoms with Crippen molar-refractivity contribution in [2.75, 3.05) is 0 Å². The van der Waals surface area contributed by atoms with Gasteiger partial charge in [0.25, 0.3) is 0 Å². The van der Waals surface area contributed by atoms with E-state index in [2.05, 4.69) is 4.98 Å². The number of carbonyl (C=O) groups is 1. The van der Waals surface area contributed by atoms with Gasteiger partial charge in [-0.2, -0.15) is 0 Å². The van der Waals surface area contributed by atoms with Crippen LogP contribution in [0, 0.1) is 0 Å². The number of carbonyl (C=O) groups excluding carboxylic acids is 1. The van der Waals surface area contributed by atoms with Crippen molar-refractivity contribution in [2.45, 2.75) is 0 Å². The lowest BCUT2D eigenvalue weighted by Crippen LogP contribution is -2.02. The SMILES string of the molecule is O=C(c1ccccc1Cl)c1cc[nH]c1-c1ccccc1. The van der Waals surface area contributed by atoms with Crippen LogP contribution >= 0.6 is 11.6 Å². The summed E-state index contributed by atoms with van der Waals surface area (Å²) in [6.07, 6.45) is 1.77. The van der Waals surface area contributed by atoms with Gasteiger partial charge >= 0.3 is 0 Å². The molecule has 3 aromatic rings. The highest BCUT2D eigenvalue weighted by atomic mass is 35.5. The molecule has 20 heavy (non-hydrogen) atoms. The van der Waals surface area contributed by atoms with E-state index in [9.17, 15) is 4.79 Å². The molecule has 0 aliphatic heterocycles. The van der Waals surface area contributed by atoms with Crippen LogP contribution in [0.4, 0.5) is 0 Å². The first-order valence-electron chi connectivity index (χ1n) is 6.29. The summed E-state index contributed by atoms with van der Waals surface area (Å²) >= 11 is 6.10. The van der Waals surface area contributed by atoms with E-state index < -0.39 is 0 Å². The first-order valence-corrected chi connectivity index (χ1v) is 6.67. The van der Waals surface area contributed by atoms with Crippen molar-refractivity contribution in [3.05, 3.63) is 83.0 Å². The summed E-state index contributed by atoms with van der Waals surface area (Å²) in [6, 6.07) is 18.7. The van der Waals surface area contributed by atoms with Gasteiger partial charge < -0.3 is 4.98 Å². The monoisotopic (exact) mass is 281 g/mol. The van der Waals surface area contributed by atoms with Crippen LogP contribution in [-0.4, -0.2) is 10.8 Å². The Balaban J connectivity index is 2.07. The van der Waals surface area contributed by atoms with Gasteiger partial charge in [-0.3, -0.25) is 4.79 Å². The average Bonchev–Trinajstić information content (AvgIpc) is 2.97. The van der Waals surface area contributed by atoms with Gasteiger partial charge in [0.05, 0.1) is 10.7 Å². The van der Waals surface area contributed by atoms with Gasteiger partial charge in [0, 0.05) is 17.3 Å². The number of halogens is 1. The first kappa shape index (κ1) is 12.7. The van der Waals surface area contributed by atoms with Crippen molar-refractivity contribution in [1.29, 1.82) is 0 Å². The maximum atomic E-state index is 12.6. The summed E-state index contributed by atoms with van der Waals surface area (Å²) in [6.45, 7) is 0. The Morgan fingerprint density at radius 1 is 0.850 bits per heavy atom. The summed E-state index contributed by atoms with van der Waals surface area (Å²) in [5.41, 5.74) is 2.94. The highest BCUT2D eigenvalue weighted by Gasteiger charge is 2.17. The number of hydrogen-bond donors (Lipinski definition) is 1. The standard InChI is InChI=1S/C17H12ClNO/c18-15-9-5-4-8-13(15)17(20)14-10-11-19-16(14)12-6-2-1-3-7-12/h1-11,19H. The number of H-pyrrole nitrogens is 1. The molecule has 3 rings (SSSR count). The van der Waals surface area contributed by atoms with Gasteiger partial charge in [-0.25, -0.2) is 0 Å². The molecule has 2 nitrogen and oxygen atoms in total. The van der Waals surface area contributed by atoms with Crippen LogP contribution in [0.3, 0.4) is 0 Å². The Kier molecular flexibility index (Phi) is 3.40. The van der Waals surface area contributed by atoms with E-state index in [0.717, 1.165) is 11.3 Å². The smallest absolute Gasteiger partial charge is 0.196 e. The summed E-state index contributed by atoms with van der Waals surface area (Å²) < 4.78 is 0. The Hall–Kier alpha value is -2.32. The van der Waals surface area contributed by atoms with E-state index in [-0.39, 0.29) is 5.78 Å². The van der Waals surface area contributed by atoms with Crippen molar-refractivity contribution in [3.63, 3.8) is 0 Å². The zero-order chi connectivity index (χ0) is 13.9. The Morgan fingerprint density at radius 3 is 2.30 bits per heavy atom. The van der Waals surface area contributed by atoms with E-state index in [0.29, 0.717) is 16.1 Å². The third-order valence-electron chi connectivity index (χ3n) is 3.17. The maximum absolute atomic E-state index is 12.6. The fraction of sp³-hybridized carbons (Fsp3) is 0. The molecule has 0 bridgehead atoms. The molecule has 1 heterocycles. The van der Waals surface area contributed by atoms with Gasteiger partial charge in [-0.15, -0.1) is 0 Å². The van der Waals surface area contributed by atoms with Crippen LogP contribution in [0.1, 0.15) is 15.9 Å². The molecule has 0 spiro atoms. The molecule has 0 radical (unpaired) electrons. The van der Waals surface area contributed by atoms with Crippen LogP contribution in [0.5, 0.6) is 0 Å². The van der Waals surface area contributed by atoms with Crippen molar-refractivity contribution in [2.24, 2.45) is 0 Å². The maximum Gasteiger partial charge on any atom is 0.196 e. The number of rotatable bonds is 3. The molecule has 0 fully saturated rings. The number of ketones is 1. The fourth-order valence-electron chi connectivity index (χ4n) is 2.19. The molecule has 98 valence electrons. The number of nitrogens with one attached hydrogen (secondary N) is 1. The minimum absolute atomic E-state index is 0.0734. The molecule has 0 amide bonds. The molecule has 0 saturated heterocycles. The van der Waals surface area contributed by atoms with E-state index in [4.69, 9.17) is 11.6 Å². The zero-order valence-electron chi connectivity index (χ0n) is 10.6. The largest absolute Gasteiger partial charge is 0.361 e. The van der Waals surface area contributed by atoms with E-state index in [1.807, 2.05) is 42.5 Å². The normalized spacial score (nSPS) is 10.4. The lowest BCUT2D eigenvalue weighted by Gasteiger charge is -2.05. The number of hydrogen-bond acceptors (Lipinski definition) is 1. The van der Waals surface area contributed by atoms with Gasteiger partial charge in [0.2, 0.25) is 0 Å². The second kappa shape index (κ2) is 5.35. The molecule has 2 aromatic carbocycles. The lowest BCUT2D eigenvalue weighted by molar-refractivity contribution is 0.103. The Bertz CT molecular complexity index is 746.